The molecule has 0 spiro atoms. The highest BCUT2D eigenvalue weighted by molar-refractivity contribution is 7.11. The first-order chi connectivity index (χ1) is 8.74. The van der Waals surface area contributed by atoms with E-state index in [9.17, 15) is 4.39 Å². The molecule has 0 bridgehead atoms. The lowest BCUT2D eigenvalue weighted by Crippen LogP contribution is -2.20. The summed E-state index contributed by atoms with van der Waals surface area (Å²) >= 11 is 1.79. The molecule has 0 amide bonds. The molecule has 1 atom stereocenters. The van der Waals surface area contributed by atoms with Crippen molar-refractivity contribution < 1.29 is 4.39 Å². The average Bonchev–Trinajstić information content (AvgIpc) is 2.85. The van der Waals surface area contributed by atoms with Crippen molar-refractivity contribution in [2.24, 2.45) is 0 Å². The number of hydrogen-bond acceptors (Lipinski definition) is 3. The molecule has 2 nitrogen and oxygen atoms in total. The Morgan fingerprint density at radius 1 is 1.33 bits per heavy atom. The highest BCUT2D eigenvalue weighted by atomic mass is 32.1. The van der Waals surface area contributed by atoms with Crippen LogP contribution < -0.4 is 5.32 Å². The van der Waals surface area contributed by atoms with Crippen molar-refractivity contribution in [3.8, 4) is 0 Å². The summed E-state index contributed by atoms with van der Waals surface area (Å²) < 4.78 is 13.7. The van der Waals surface area contributed by atoms with Gasteiger partial charge in [0, 0.05) is 22.4 Å². The summed E-state index contributed by atoms with van der Waals surface area (Å²) in [5.41, 5.74) is 0.492. The number of nitrogens with one attached hydrogen (secondary N) is 1. The Morgan fingerprint density at radius 2 is 2.11 bits per heavy atom. The van der Waals surface area contributed by atoms with E-state index in [0.717, 1.165) is 12.8 Å². The Labute approximate surface area is 111 Å². The molecule has 0 aliphatic heterocycles. The standard InChI is InChI=1S/C14H17FN2S/c1-3-10-6-7-11(18-10)9-13(16-2)14-12(15)5-4-8-17-14/h4-8,13,16H,3,9H2,1-2H3. The van der Waals surface area contributed by atoms with Gasteiger partial charge in [-0.25, -0.2) is 4.39 Å². The maximum atomic E-state index is 13.7. The van der Waals surface area contributed by atoms with Crippen molar-refractivity contribution in [2.45, 2.75) is 25.8 Å². The Morgan fingerprint density at radius 3 is 2.72 bits per heavy atom. The van der Waals surface area contributed by atoms with Gasteiger partial charge in [0.15, 0.2) is 0 Å². The first-order valence-corrected chi connectivity index (χ1v) is 6.91. The molecule has 18 heavy (non-hydrogen) atoms. The third-order valence-corrected chi connectivity index (χ3v) is 4.19. The van der Waals surface area contributed by atoms with Crippen LogP contribution in [-0.2, 0) is 12.8 Å². The largest absolute Gasteiger partial charge is 0.311 e. The summed E-state index contributed by atoms with van der Waals surface area (Å²) in [6.07, 6.45) is 3.45. The van der Waals surface area contributed by atoms with Gasteiger partial charge in [0.1, 0.15) is 5.82 Å². The van der Waals surface area contributed by atoms with Crippen LogP contribution in [0.25, 0.3) is 0 Å². The lowest BCUT2D eigenvalue weighted by Gasteiger charge is -2.15. The zero-order valence-corrected chi connectivity index (χ0v) is 11.4. The third-order valence-electron chi connectivity index (χ3n) is 2.94. The second-order valence-corrected chi connectivity index (χ2v) is 5.39. The Kier molecular flexibility index (Phi) is 4.44. The van der Waals surface area contributed by atoms with Crippen molar-refractivity contribution >= 4 is 11.3 Å². The normalized spacial score (nSPS) is 12.6. The molecule has 2 aromatic heterocycles. The van der Waals surface area contributed by atoms with Crippen LogP contribution in [0.2, 0.25) is 0 Å². The van der Waals surface area contributed by atoms with Crippen LogP contribution in [0.15, 0.2) is 30.5 Å². The van der Waals surface area contributed by atoms with Crippen LogP contribution in [0.1, 0.15) is 28.4 Å². The number of rotatable bonds is 5. The molecule has 2 aromatic rings. The number of aromatic nitrogens is 1. The number of pyridine rings is 1. The van der Waals surface area contributed by atoms with Crippen molar-refractivity contribution in [1.82, 2.24) is 10.3 Å². The van der Waals surface area contributed by atoms with Gasteiger partial charge in [-0.15, -0.1) is 11.3 Å². The number of aryl methyl sites for hydroxylation is 1. The van der Waals surface area contributed by atoms with Gasteiger partial charge in [-0.2, -0.15) is 0 Å². The van der Waals surface area contributed by atoms with Crippen LogP contribution in [0.3, 0.4) is 0 Å². The zero-order valence-electron chi connectivity index (χ0n) is 10.6. The van der Waals surface area contributed by atoms with Gasteiger partial charge < -0.3 is 5.32 Å². The second-order valence-electron chi connectivity index (χ2n) is 4.14. The van der Waals surface area contributed by atoms with Crippen molar-refractivity contribution in [2.75, 3.05) is 7.05 Å². The van der Waals surface area contributed by atoms with E-state index in [0.29, 0.717) is 5.69 Å². The highest BCUT2D eigenvalue weighted by Crippen LogP contribution is 2.24. The lowest BCUT2D eigenvalue weighted by atomic mass is 10.1. The van der Waals surface area contributed by atoms with Crippen molar-refractivity contribution in [3.63, 3.8) is 0 Å². The molecule has 2 rings (SSSR count). The first kappa shape index (κ1) is 13.2. The van der Waals surface area contributed by atoms with Gasteiger partial charge in [0.05, 0.1) is 11.7 Å². The smallest absolute Gasteiger partial charge is 0.146 e. The number of likely N-dealkylation sites (N-methyl/N-ethyl adjacent to an activating group) is 1. The monoisotopic (exact) mass is 264 g/mol. The minimum Gasteiger partial charge on any atom is -0.311 e. The van der Waals surface area contributed by atoms with Crippen molar-refractivity contribution in [3.05, 3.63) is 51.7 Å². The van der Waals surface area contributed by atoms with E-state index in [1.54, 1.807) is 23.6 Å². The fourth-order valence-electron chi connectivity index (χ4n) is 1.91. The highest BCUT2D eigenvalue weighted by Gasteiger charge is 2.16. The predicted molar refractivity (Wildman–Crippen MR) is 73.4 cm³/mol. The van der Waals surface area contributed by atoms with Crippen LogP contribution in [-0.4, -0.2) is 12.0 Å². The van der Waals surface area contributed by atoms with Crippen LogP contribution in [0.5, 0.6) is 0 Å². The molecule has 0 aromatic carbocycles. The van der Waals surface area contributed by atoms with Gasteiger partial charge in [0.25, 0.3) is 0 Å². The molecule has 4 heteroatoms. The summed E-state index contributed by atoms with van der Waals surface area (Å²) in [6, 6.07) is 7.26. The molecule has 96 valence electrons. The van der Waals surface area contributed by atoms with E-state index in [1.807, 2.05) is 7.05 Å². The van der Waals surface area contributed by atoms with Gasteiger partial charge in [-0.3, -0.25) is 4.98 Å². The number of thiophene rings is 1. The van der Waals surface area contributed by atoms with Crippen LogP contribution in [0, 0.1) is 5.82 Å². The van der Waals surface area contributed by atoms with E-state index >= 15 is 0 Å². The van der Waals surface area contributed by atoms with Crippen molar-refractivity contribution in [1.29, 1.82) is 0 Å². The topological polar surface area (TPSA) is 24.9 Å². The maximum Gasteiger partial charge on any atom is 0.146 e. The average molecular weight is 264 g/mol. The van der Waals surface area contributed by atoms with Crippen LogP contribution >= 0.6 is 11.3 Å². The Hall–Kier alpha value is -1.26. The van der Waals surface area contributed by atoms with Crippen LogP contribution in [0.4, 0.5) is 4.39 Å². The van der Waals surface area contributed by atoms with Gasteiger partial charge >= 0.3 is 0 Å². The van der Waals surface area contributed by atoms with Gasteiger partial charge in [-0.1, -0.05) is 6.92 Å². The zero-order chi connectivity index (χ0) is 13.0. The predicted octanol–water partition coefficient (Wildman–Crippen LogP) is 3.35. The first-order valence-electron chi connectivity index (χ1n) is 6.09. The van der Waals surface area contributed by atoms with E-state index < -0.39 is 0 Å². The molecule has 2 heterocycles. The molecule has 0 aliphatic rings. The Balaban J connectivity index is 2.17. The maximum absolute atomic E-state index is 13.7. The second kappa shape index (κ2) is 6.07. The molecule has 0 radical (unpaired) electrons. The molecule has 0 fully saturated rings. The molecule has 0 aliphatic carbocycles. The molecular formula is C14H17FN2S. The number of nitrogens with zero attached hydrogens (tertiary/aromatic N) is 1. The molecular weight excluding hydrogens is 247 g/mol. The SMILES string of the molecule is CCc1ccc(CC(NC)c2ncccc2F)s1. The summed E-state index contributed by atoms with van der Waals surface area (Å²) in [5.74, 6) is -0.246. The van der Waals surface area contributed by atoms with E-state index in [1.165, 1.54) is 15.8 Å². The van der Waals surface area contributed by atoms with E-state index in [2.05, 4.69) is 29.4 Å². The molecule has 0 saturated carbocycles. The lowest BCUT2D eigenvalue weighted by molar-refractivity contribution is 0.519. The fraction of sp³-hybridized carbons (Fsp3) is 0.357. The van der Waals surface area contributed by atoms with E-state index in [-0.39, 0.29) is 11.9 Å². The number of hydrogen-bond donors (Lipinski definition) is 1. The third kappa shape index (κ3) is 2.94. The summed E-state index contributed by atoms with van der Waals surface area (Å²) in [5, 5.41) is 3.14. The minimum absolute atomic E-state index is 0.0745. The quantitative estimate of drug-likeness (QED) is 0.896. The van der Waals surface area contributed by atoms with Gasteiger partial charge in [0.2, 0.25) is 0 Å². The fourth-order valence-corrected chi connectivity index (χ4v) is 2.92. The molecule has 0 saturated heterocycles. The summed E-state index contributed by atoms with van der Waals surface area (Å²) in [4.78, 5) is 6.76. The summed E-state index contributed by atoms with van der Waals surface area (Å²) in [6.45, 7) is 2.14. The molecule has 1 N–H and O–H groups in total. The summed E-state index contributed by atoms with van der Waals surface area (Å²) in [7, 11) is 1.84. The molecule has 1 unspecified atom stereocenters. The minimum atomic E-state index is -0.246. The van der Waals surface area contributed by atoms with E-state index in [4.69, 9.17) is 0 Å². The Bertz CT molecular complexity index is 510. The van der Waals surface area contributed by atoms with Gasteiger partial charge in [-0.05, 0) is 37.7 Å². The number of halogens is 1.